The van der Waals surface area contributed by atoms with E-state index in [4.69, 9.17) is 4.42 Å². The number of benzene rings is 4. The lowest BCUT2D eigenvalue weighted by molar-refractivity contribution is 0.299. The average Bonchev–Trinajstić information content (AvgIpc) is 2.84. The minimum Gasteiger partial charge on any atom is -0.422 e. The molecule has 6 rings (SSSR count). The maximum Gasteiger partial charge on any atom is 0.344 e. The maximum atomic E-state index is 11.6. The Morgan fingerprint density at radius 3 is 1.52 bits per heavy atom. The monoisotopic (exact) mass is 432 g/mol. The molecular weight excluding hydrogens is 404 g/mol. The minimum absolute atomic E-state index is 0.151. The number of fused-ring (bicyclic) bond motifs is 6. The molecule has 0 aliphatic heterocycles. The van der Waals surface area contributed by atoms with Gasteiger partial charge in [0, 0.05) is 5.39 Å². The standard InChI is InChI=1S/C18H20.C13H8O2/c1-17(2)15-11-7-5-9-13(15)14-10-6-8-12-16(14)18(17,3)4;14-13-11-7-2-1-5-9(11)10-6-3-4-8-12(10)15-13/h5-12H,1-4H3;1-8H. The van der Waals surface area contributed by atoms with Gasteiger partial charge in [0.1, 0.15) is 5.58 Å². The minimum atomic E-state index is -0.274. The van der Waals surface area contributed by atoms with Crippen LogP contribution in [0.5, 0.6) is 0 Å². The molecule has 1 aliphatic rings. The molecule has 0 atom stereocenters. The van der Waals surface area contributed by atoms with Crippen LogP contribution in [0.1, 0.15) is 38.8 Å². The molecule has 0 unspecified atom stereocenters. The Morgan fingerprint density at radius 1 is 0.515 bits per heavy atom. The zero-order chi connectivity index (χ0) is 23.2. The van der Waals surface area contributed by atoms with Gasteiger partial charge >= 0.3 is 5.63 Å². The highest BCUT2D eigenvalue weighted by Gasteiger charge is 2.45. The van der Waals surface area contributed by atoms with Crippen molar-refractivity contribution in [2.75, 3.05) is 0 Å². The molecule has 33 heavy (non-hydrogen) atoms. The molecule has 2 heteroatoms. The second kappa shape index (κ2) is 7.74. The summed E-state index contributed by atoms with van der Waals surface area (Å²) in [6.07, 6.45) is 0. The summed E-state index contributed by atoms with van der Waals surface area (Å²) in [6.45, 7) is 9.45. The van der Waals surface area contributed by atoms with Gasteiger partial charge in [-0.2, -0.15) is 0 Å². The van der Waals surface area contributed by atoms with Crippen LogP contribution in [0.4, 0.5) is 0 Å². The van der Waals surface area contributed by atoms with Crippen molar-refractivity contribution in [1.82, 2.24) is 0 Å². The second-order valence-electron chi connectivity index (χ2n) is 9.77. The molecule has 1 heterocycles. The Hall–Kier alpha value is -3.65. The molecule has 0 saturated heterocycles. The highest BCUT2D eigenvalue weighted by Crippen LogP contribution is 2.53. The van der Waals surface area contributed by atoms with Gasteiger partial charge in [0.25, 0.3) is 0 Å². The van der Waals surface area contributed by atoms with E-state index in [1.807, 2.05) is 42.5 Å². The Bertz CT molecular complexity index is 1480. The topological polar surface area (TPSA) is 30.2 Å². The third-order valence-electron chi connectivity index (χ3n) is 7.58. The van der Waals surface area contributed by atoms with Crippen LogP contribution in [0.3, 0.4) is 0 Å². The molecule has 2 nitrogen and oxygen atoms in total. The van der Waals surface area contributed by atoms with E-state index in [-0.39, 0.29) is 16.5 Å². The van der Waals surface area contributed by atoms with E-state index in [0.717, 1.165) is 10.8 Å². The van der Waals surface area contributed by atoms with Crippen LogP contribution in [0, 0.1) is 0 Å². The van der Waals surface area contributed by atoms with Crippen LogP contribution >= 0.6 is 0 Å². The van der Waals surface area contributed by atoms with E-state index in [2.05, 4.69) is 76.2 Å². The fourth-order valence-corrected chi connectivity index (χ4v) is 5.03. The first-order chi connectivity index (χ1) is 15.8. The van der Waals surface area contributed by atoms with Gasteiger partial charge in [0.05, 0.1) is 5.39 Å². The highest BCUT2D eigenvalue weighted by molar-refractivity contribution is 6.03. The molecule has 0 N–H and O–H groups in total. The summed E-state index contributed by atoms with van der Waals surface area (Å²) in [7, 11) is 0. The van der Waals surface area contributed by atoms with Crippen LogP contribution < -0.4 is 5.63 Å². The van der Waals surface area contributed by atoms with Crippen LogP contribution in [-0.4, -0.2) is 0 Å². The van der Waals surface area contributed by atoms with Gasteiger partial charge in [-0.15, -0.1) is 0 Å². The van der Waals surface area contributed by atoms with Gasteiger partial charge in [-0.25, -0.2) is 4.79 Å². The van der Waals surface area contributed by atoms with Gasteiger partial charge in [-0.1, -0.05) is 113 Å². The molecule has 0 saturated carbocycles. The van der Waals surface area contributed by atoms with Crippen molar-refractivity contribution < 1.29 is 4.42 Å². The van der Waals surface area contributed by atoms with E-state index < -0.39 is 0 Å². The molecule has 0 spiro atoms. The zero-order valence-electron chi connectivity index (χ0n) is 19.6. The lowest BCUT2D eigenvalue weighted by atomic mass is 9.55. The van der Waals surface area contributed by atoms with E-state index in [1.165, 1.54) is 22.3 Å². The van der Waals surface area contributed by atoms with Crippen molar-refractivity contribution in [1.29, 1.82) is 0 Å². The van der Waals surface area contributed by atoms with Crippen LogP contribution in [0.2, 0.25) is 0 Å². The molecule has 164 valence electrons. The van der Waals surface area contributed by atoms with Gasteiger partial charge in [-0.05, 0) is 50.6 Å². The van der Waals surface area contributed by atoms with Crippen LogP contribution in [-0.2, 0) is 10.8 Å². The molecular formula is C31H28O2. The first-order valence-corrected chi connectivity index (χ1v) is 11.4. The largest absolute Gasteiger partial charge is 0.422 e. The second-order valence-corrected chi connectivity index (χ2v) is 9.77. The van der Waals surface area contributed by atoms with Crippen molar-refractivity contribution in [2.24, 2.45) is 0 Å². The molecule has 0 amide bonds. The predicted molar refractivity (Wildman–Crippen MR) is 138 cm³/mol. The molecule has 5 aromatic rings. The average molecular weight is 433 g/mol. The Morgan fingerprint density at radius 2 is 0.939 bits per heavy atom. The third-order valence-corrected chi connectivity index (χ3v) is 7.58. The number of para-hydroxylation sites is 1. The SMILES string of the molecule is CC1(C)c2ccccc2-c2ccccc2C1(C)C.O=c1oc2ccccc2c2ccccc12. The number of rotatable bonds is 0. The zero-order valence-corrected chi connectivity index (χ0v) is 19.6. The fraction of sp³-hybridized carbons (Fsp3) is 0.194. The quantitative estimate of drug-likeness (QED) is 0.184. The summed E-state index contributed by atoms with van der Waals surface area (Å²) in [5.74, 6) is 0. The predicted octanol–water partition coefficient (Wildman–Crippen LogP) is 7.87. The summed E-state index contributed by atoms with van der Waals surface area (Å²) in [5, 5.41) is 2.56. The van der Waals surface area contributed by atoms with E-state index in [1.54, 1.807) is 6.07 Å². The Labute approximate surface area is 194 Å². The van der Waals surface area contributed by atoms with Gasteiger partial charge in [0.15, 0.2) is 0 Å². The molecule has 1 aromatic heterocycles. The van der Waals surface area contributed by atoms with E-state index in [0.29, 0.717) is 11.0 Å². The van der Waals surface area contributed by atoms with Crippen molar-refractivity contribution in [3.63, 3.8) is 0 Å². The molecule has 1 aliphatic carbocycles. The number of hydrogen-bond acceptors (Lipinski definition) is 2. The molecule has 0 radical (unpaired) electrons. The molecule has 0 bridgehead atoms. The number of hydrogen-bond donors (Lipinski definition) is 0. The van der Waals surface area contributed by atoms with Crippen molar-refractivity contribution in [3.8, 4) is 11.1 Å². The fourth-order valence-electron chi connectivity index (χ4n) is 5.03. The van der Waals surface area contributed by atoms with Crippen molar-refractivity contribution >= 4 is 21.7 Å². The van der Waals surface area contributed by atoms with Crippen LogP contribution in [0.25, 0.3) is 32.9 Å². The van der Waals surface area contributed by atoms with Crippen LogP contribution in [0.15, 0.2) is 106 Å². The Kier molecular flexibility index (Phi) is 4.97. The smallest absolute Gasteiger partial charge is 0.344 e. The summed E-state index contributed by atoms with van der Waals surface area (Å²) in [4.78, 5) is 11.6. The first-order valence-electron chi connectivity index (χ1n) is 11.4. The first kappa shape index (κ1) is 21.2. The lowest BCUT2D eigenvalue weighted by Gasteiger charge is -2.48. The van der Waals surface area contributed by atoms with E-state index in [9.17, 15) is 4.79 Å². The third kappa shape index (κ3) is 3.29. The summed E-state index contributed by atoms with van der Waals surface area (Å²) in [5.41, 5.74) is 6.40. The molecule has 4 aromatic carbocycles. The maximum absolute atomic E-state index is 11.6. The summed E-state index contributed by atoms with van der Waals surface area (Å²) in [6, 6.07) is 32.7. The van der Waals surface area contributed by atoms with Gasteiger partial charge in [0.2, 0.25) is 0 Å². The van der Waals surface area contributed by atoms with Crippen molar-refractivity contribution in [2.45, 2.75) is 38.5 Å². The van der Waals surface area contributed by atoms with E-state index >= 15 is 0 Å². The van der Waals surface area contributed by atoms with Gasteiger partial charge in [-0.3, -0.25) is 0 Å². The molecule has 0 fully saturated rings. The Balaban J connectivity index is 0.000000140. The van der Waals surface area contributed by atoms with Crippen molar-refractivity contribution in [3.05, 3.63) is 119 Å². The normalized spacial score (nSPS) is 15.3. The summed E-state index contributed by atoms with van der Waals surface area (Å²) < 4.78 is 5.22. The summed E-state index contributed by atoms with van der Waals surface area (Å²) >= 11 is 0. The van der Waals surface area contributed by atoms with Gasteiger partial charge < -0.3 is 4.42 Å². The highest BCUT2D eigenvalue weighted by atomic mass is 16.4. The lowest BCUT2D eigenvalue weighted by Crippen LogP contribution is -2.43.